The average Bonchev–Trinajstić information content (AvgIpc) is 0.884. The molecular formula is C76H85BN6. The van der Waals surface area contributed by atoms with E-state index < -0.39 is 0 Å². The third-order valence-electron chi connectivity index (χ3n) is 22.0. The van der Waals surface area contributed by atoms with E-state index in [9.17, 15) is 0 Å². The van der Waals surface area contributed by atoms with Crippen molar-refractivity contribution in [2.45, 2.75) is 205 Å². The Morgan fingerprint density at radius 2 is 0.651 bits per heavy atom. The Bertz CT molecular complexity index is 3760. The minimum absolute atomic E-state index is 0.0104. The first-order valence-electron chi connectivity index (χ1n) is 31.3. The summed E-state index contributed by atoms with van der Waals surface area (Å²) in [6.07, 6.45) is 9.09. The van der Waals surface area contributed by atoms with E-state index in [2.05, 4.69) is 248 Å². The van der Waals surface area contributed by atoms with Gasteiger partial charge >= 0.3 is 0 Å². The molecular weight excluding hydrogens is 1010 g/mol. The van der Waals surface area contributed by atoms with Crippen LogP contribution in [0.2, 0.25) is 0 Å². The molecule has 14 rings (SSSR count). The van der Waals surface area contributed by atoms with Crippen LogP contribution in [0, 0.1) is 0 Å². The predicted molar refractivity (Wildman–Crippen MR) is 349 cm³/mol. The van der Waals surface area contributed by atoms with Gasteiger partial charge in [0.05, 0.1) is 0 Å². The maximum atomic E-state index is 6.16. The summed E-state index contributed by atoms with van der Waals surface area (Å²) in [7, 11) is 0. The van der Waals surface area contributed by atoms with E-state index in [1.165, 1.54) is 78.0 Å². The highest BCUT2D eigenvalue weighted by atomic mass is 15.2. The normalized spacial score (nSPS) is 20.8. The molecule has 422 valence electrons. The third kappa shape index (κ3) is 8.37. The fourth-order valence-electron chi connectivity index (χ4n) is 16.0. The highest BCUT2D eigenvalue weighted by molar-refractivity contribution is 7.00. The lowest BCUT2D eigenvalue weighted by molar-refractivity contribution is 0.332. The van der Waals surface area contributed by atoms with E-state index >= 15 is 0 Å². The molecule has 0 saturated carbocycles. The zero-order valence-electron chi connectivity index (χ0n) is 52.5. The number of pyridine rings is 1. The van der Waals surface area contributed by atoms with Crippen LogP contribution in [0.15, 0.2) is 127 Å². The van der Waals surface area contributed by atoms with E-state index in [0.29, 0.717) is 23.2 Å². The summed E-state index contributed by atoms with van der Waals surface area (Å²) in [6.45, 7) is 39.4. The van der Waals surface area contributed by atoms with Gasteiger partial charge in [-0.1, -0.05) is 196 Å². The van der Waals surface area contributed by atoms with Crippen molar-refractivity contribution in [1.82, 2.24) is 19.9 Å². The minimum Gasteiger partial charge on any atom is -0.311 e. The number of rotatable bonds is 5. The highest BCUT2D eigenvalue weighted by Gasteiger charge is 2.50. The Hall–Kier alpha value is -6.86. The molecule has 8 aromatic rings. The molecule has 7 heteroatoms. The maximum absolute atomic E-state index is 6.16. The molecule has 6 nitrogen and oxygen atoms in total. The Morgan fingerprint density at radius 3 is 1.06 bits per heavy atom. The Balaban J connectivity index is 1.16. The van der Waals surface area contributed by atoms with E-state index in [1.54, 1.807) is 0 Å². The second kappa shape index (κ2) is 17.8. The second-order valence-electron chi connectivity index (χ2n) is 31.4. The smallest absolute Gasteiger partial charge is 0.254 e. The van der Waals surface area contributed by atoms with Gasteiger partial charge in [-0.2, -0.15) is 0 Å². The van der Waals surface area contributed by atoms with Crippen molar-refractivity contribution in [3.63, 3.8) is 0 Å². The summed E-state index contributed by atoms with van der Waals surface area (Å²) in [5.74, 6) is 2.73. The van der Waals surface area contributed by atoms with Gasteiger partial charge in [0.15, 0.2) is 17.5 Å². The van der Waals surface area contributed by atoms with Crippen molar-refractivity contribution in [1.29, 1.82) is 0 Å². The van der Waals surface area contributed by atoms with E-state index in [-0.39, 0.29) is 50.0 Å². The third-order valence-corrected chi connectivity index (χ3v) is 22.0. The molecule has 0 spiro atoms. The highest BCUT2D eigenvalue weighted by Crippen LogP contribution is 2.56. The van der Waals surface area contributed by atoms with Crippen LogP contribution in [0.1, 0.15) is 207 Å². The van der Waals surface area contributed by atoms with Crippen LogP contribution in [-0.2, 0) is 43.3 Å². The molecule has 0 amide bonds. The molecule has 0 radical (unpaired) electrons. The number of hydrogen-bond acceptors (Lipinski definition) is 6. The minimum atomic E-state index is -0.129. The first-order chi connectivity index (χ1) is 39.1. The number of nitrogens with zero attached hydrogens (tertiary/aromatic N) is 6. The van der Waals surface area contributed by atoms with Crippen molar-refractivity contribution in [3.05, 3.63) is 172 Å². The SMILES string of the molecule is CC1(C)CCC(C)(C)c2cc(N3c4cc5c(cc4B4c6cc7c(cc6N(c6ccc8c(c6)C(C)(C)CCC8(C)C)c6nc(-c8nc(-c9ccccc9)nc(-c9ccccc9)n8)cc3c64)C(C)(C)CCC7(C)C)C(C)(C)CCC5(C)C)ccc21. The van der Waals surface area contributed by atoms with Crippen LogP contribution in [-0.4, -0.2) is 26.6 Å². The van der Waals surface area contributed by atoms with Gasteiger partial charge in [0.1, 0.15) is 11.5 Å². The van der Waals surface area contributed by atoms with E-state index in [0.717, 1.165) is 79.7 Å². The molecule has 6 aliphatic rings. The summed E-state index contributed by atoms with van der Waals surface area (Å²) in [4.78, 5) is 27.6. The fourth-order valence-corrected chi connectivity index (χ4v) is 16.0. The number of benzene rings is 6. The van der Waals surface area contributed by atoms with Crippen LogP contribution in [0.3, 0.4) is 0 Å². The summed E-state index contributed by atoms with van der Waals surface area (Å²) in [6, 6.07) is 48.8. The van der Waals surface area contributed by atoms with Crippen LogP contribution in [0.5, 0.6) is 0 Å². The van der Waals surface area contributed by atoms with Gasteiger partial charge in [-0.15, -0.1) is 0 Å². The van der Waals surface area contributed by atoms with Crippen molar-refractivity contribution in [2.75, 3.05) is 9.80 Å². The van der Waals surface area contributed by atoms with E-state index in [4.69, 9.17) is 19.9 Å². The van der Waals surface area contributed by atoms with Gasteiger partial charge in [-0.3, -0.25) is 4.90 Å². The Kier molecular flexibility index (Phi) is 11.6. The van der Waals surface area contributed by atoms with Crippen LogP contribution in [0.4, 0.5) is 34.3 Å². The summed E-state index contributed by atoms with van der Waals surface area (Å²) in [5, 5.41) is 0. The zero-order chi connectivity index (χ0) is 58.3. The van der Waals surface area contributed by atoms with Crippen molar-refractivity contribution >= 4 is 57.4 Å². The van der Waals surface area contributed by atoms with Crippen LogP contribution >= 0.6 is 0 Å². The zero-order valence-corrected chi connectivity index (χ0v) is 52.5. The second-order valence-corrected chi connectivity index (χ2v) is 31.4. The average molecular weight is 1090 g/mol. The number of anilines is 6. The Morgan fingerprint density at radius 1 is 0.313 bits per heavy atom. The number of hydrogen-bond donors (Lipinski definition) is 0. The molecule has 0 atom stereocenters. The Labute approximate surface area is 496 Å². The summed E-state index contributed by atoms with van der Waals surface area (Å²) in [5.41, 5.74) is 24.1. The van der Waals surface area contributed by atoms with Crippen molar-refractivity contribution in [3.8, 4) is 34.3 Å². The molecule has 2 aliphatic heterocycles. The summed E-state index contributed by atoms with van der Waals surface area (Å²) >= 11 is 0. The van der Waals surface area contributed by atoms with Gasteiger partial charge in [0.25, 0.3) is 6.71 Å². The van der Waals surface area contributed by atoms with Gasteiger partial charge in [-0.05, 0) is 198 Å². The monoisotopic (exact) mass is 1090 g/mol. The topological polar surface area (TPSA) is 58.0 Å². The molecule has 4 aliphatic carbocycles. The molecule has 6 aromatic carbocycles. The lowest BCUT2D eigenvalue weighted by atomic mass is 9.33. The molecule has 0 N–H and O–H groups in total. The van der Waals surface area contributed by atoms with Crippen LogP contribution < -0.4 is 26.2 Å². The maximum Gasteiger partial charge on any atom is 0.254 e. The summed E-state index contributed by atoms with van der Waals surface area (Å²) < 4.78 is 0. The fraction of sp³-hybridized carbons (Fsp3) is 0.421. The quantitative estimate of drug-likeness (QED) is 0.160. The predicted octanol–water partition coefficient (Wildman–Crippen LogP) is 17.7. The molecule has 0 bridgehead atoms. The molecule has 0 unspecified atom stereocenters. The number of aromatic nitrogens is 4. The molecule has 83 heavy (non-hydrogen) atoms. The van der Waals surface area contributed by atoms with Crippen molar-refractivity contribution < 1.29 is 0 Å². The van der Waals surface area contributed by atoms with Gasteiger partial charge < -0.3 is 4.90 Å². The van der Waals surface area contributed by atoms with Gasteiger partial charge in [0.2, 0.25) is 0 Å². The molecule has 4 heterocycles. The van der Waals surface area contributed by atoms with Gasteiger partial charge in [-0.25, -0.2) is 19.9 Å². The molecule has 0 fully saturated rings. The lowest BCUT2D eigenvalue weighted by Crippen LogP contribution is -2.62. The largest absolute Gasteiger partial charge is 0.311 e. The first kappa shape index (κ1) is 54.1. The van der Waals surface area contributed by atoms with E-state index in [1.807, 2.05) is 0 Å². The first-order valence-corrected chi connectivity index (χ1v) is 31.3. The molecule has 0 saturated heterocycles. The van der Waals surface area contributed by atoms with Gasteiger partial charge in [0, 0.05) is 39.6 Å². The lowest BCUT2D eigenvalue weighted by Gasteiger charge is -2.49. The standard InChI is InChI=1S/C76H85BN6/c1-69(2)31-33-71(5,6)52-39-48(27-29-50(52)69)82-61-43-56-54(73(9,10)35-37-75(56,13)14)41-58(61)77-59-42-55-57(76(15,16)38-36-74(55,11)12)44-62(59)83(49-28-30-51-53(40-49)72(7,8)34-32-70(51,3)4)68-64(77)63(82)45-60(78-68)67-80-65(46-23-19-17-20-24-46)79-66(81-67)47-25-21-18-22-26-47/h17-30,39-45H,31-38H2,1-16H3. The molecule has 2 aromatic heterocycles. The van der Waals surface area contributed by atoms with Crippen LogP contribution in [0.25, 0.3) is 34.3 Å². The number of fused-ring (bicyclic) bond motifs is 8. The van der Waals surface area contributed by atoms with Crippen molar-refractivity contribution in [2.24, 2.45) is 0 Å².